The summed E-state index contributed by atoms with van der Waals surface area (Å²) >= 11 is 0. The van der Waals surface area contributed by atoms with E-state index in [1.165, 1.54) is 56.6 Å². The summed E-state index contributed by atoms with van der Waals surface area (Å²) in [5, 5.41) is 0. The summed E-state index contributed by atoms with van der Waals surface area (Å²) in [4.78, 5) is 5.26. The van der Waals surface area contributed by atoms with Crippen molar-refractivity contribution in [1.82, 2.24) is 9.80 Å². The summed E-state index contributed by atoms with van der Waals surface area (Å²) in [7, 11) is 0. The van der Waals surface area contributed by atoms with Crippen molar-refractivity contribution < 1.29 is 0 Å². The van der Waals surface area contributed by atoms with Gasteiger partial charge in [0.1, 0.15) is 0 Å². The van der Waals surface area contributed by atoms with Crippen LogP contribution in [0, 0.1) is 6.92 Å². The maximum absolute atomic E-state index is 2.67. The molecule has 20 heavy (non-hydrogen) atoms. The van der Waals surface area contributed by atoms with Crippen LogP contribution in [0.4, 0.5) is 0 Å². The van der Waals surface area contributed by atoms with Gasteiger partial charge in [-0.15, -0.1) is 0 Å². The van der Waals surface area contributed by atoms with Crippen LogP contribution in [0.3, 0.4) is 0 Å². The largest absolute Gasteiger partial charge is 0.297 e. The fourth-order valence-corrected chi connectivity index (χ4v) is 3.42. The standard InChI is InChI=1S/C18H26N2/c1-16-6-5-7-17(14-16)15-19-10-12-20(13-11-19)18-8-3-2-4-9-18/h3,5-8,14,18H,2,4,9-13,15H2,1H3. The van der Waals surface area contributed by atoms with Crippen molar-refractivity contribution in [3.63, 3.8) is 0 Å². The fraction of sp³-hybridized carbons (Fsp3) is 0.556. The normalized spacial score (nSPS) is 24.9. The second-order valence-electron chi connectivity index (χ2n) is 6.23. The molecule has 0 amide bonds. The number of rotatable bonds is 3. The van der Waals surface area contributed by atoms with Crippen molar-refractivity contribution in [3.05, 3.63) is 47.5 Å². The quantitative estimate of drug-likeness (QED) is 0.778. The second-order valence-corrected chi connectivity index (χ2v) is 6.23. The lowest BCUT2D eigenvalue weighted by Gasteiger charge is -2.39. The van der Waals surface area contributed by atoms with E-state index in [1.54, 1.807) is 0 Å². The van der Waals surface area contributed by atoms with Crippen LogP contribution in [0.25, 0.3) is 0 Å². The third kappa shape index (κ3) is 3.50. The molecule has 0 spiro atoms. The Hall–Kier alpha value is -1.12. The predicted molar refractivity (Wildman–Crippen MR) is 84.8 cm³/mol. The van der Waals surface area contributed by atoms with Crippen LogP contribution in [0.2, 0.25) is 0 Å². The summed E-state index contributed by atoms with van der Waals surface area (Å²) in [5.41, 5.74) is 2.82. The monoisotopic (exact) mass is 270 g/mol. The van der Waals surface area contributed by atoms with E-state index < -0.39 is 0 Å². The van der Waals surface area contributed by atoms with Crippen LogP contribution in [-0.2, 0) is 6.54 Å². The molecule has 3 rings (SSSR count). The van der Waals surface area contributed by atoms with Crippen molar-refractivity contribution in [1.29, 1.82) is 0 Å². The summed E-state index contributed by atoms with van der Waals surface area (Å²) in [6.45, 7) is 8.14. The maximum Gasteiger partial charge on any atom is 0.0279 e. The number of aryl methyl sites for hydroxylation is 1. The third-order valence-electron chi connectivity index (χ3n) is 4.59. The van der Waals surface area contributed by atoms with Gasteiger partial charge in [-0.25, -0.2) is 0 Å². The van der Waals surface area contributed by atoms with Gasteiger partial charge in [0.05, 0.1) is 0 Å². The minimum absolute atomic E-state index is 0.713. The minimum atomic E-state index is 0.713. The molecule has 1 aliphatic heterocycles. The molecule has 0 N–H and O–H groups in total. The van der Waals surface area contributed by atoms with E-state index in [-0.39, 0.29) is 0 Å². The molecule has 1 atom stereocenters. The van der Waals surface area contributed by atoms with Crippen LogP contribution in [0.1, 0.15) is 30.4 Å². The Bertz CT molecular complexity index is 458. The van der Waals surface area contributed by atoms with Gasteiger partial charge >= 0.3 is 0 Å². The SMILES string of the molecule is Cc1cccc(CN2CCN(C3C=CCCC3)CC2)c1. The summed E-state index contributed by atoms with van der Waals surface area (Å²) in [6.07, 6.45) is 8.80. The Morgan fingerprint density at radius 3 is 2.70 bits per heavy atom. The van der Waals surface area contributed by atoms with E-state index >= 15 is 0 Å². The van der Waals surface area contributed by atoms with Gasteiger partial charge in [0.25, 0.3) is 0 Å². The van der Waals surface area contributed by atoms with Crippen LogP contribution < -0.4 is 0 Å². The zero-order chi connectivity index (χ0) is 13.8. The average Bonchev–Trinajstić information content (AvgIpc) is 2.49. The highest BCUT2D eigenvalue weighted by atomic mass is 15.3. The van der Waals surface area contributed by atoms with Crippen LogP contribution >= 0.6 is 0 Å². The molecule has 0 aromatic heterocycles. The molecule has 108 valence electrons. The second kappa shape index (κ2) is 6.55. The van der Waals surface area contributed by atoms with Gasteiger partial charge in [0, 0.05) is 38.8 Å². The first-order valence-electron chi connectivity index (χ1n) is 8.00. The molecule has 1 fully saturated rings. The molecule has 1 heterocycles. The molecule has 1 aromatic rings. The van der Waals surface area contributed by atoms with E-state index in [0.29, 0.717) is 6.04 Å². The van der Waals surface area contributed by atoms with Gasteiger partial charge in [-0.2, -0.15) is 0 Å². The number of hydrogen-bond donors (Lipinski definition) is 0. The van der Waals surface area contributed by atoms with E-state index in [4.69, 9.17) is 0 Å². The average molecular weight is 270 g/mol. The Balaban J connectivity index is 1.51. The summed E-state index contributed by atoms with van der Waals surface area (Å²) in [6, 6.07) is 9.63. The molecular formula is C18H26N2. The van der Waals surface area contributed by atoms with Crippen LogP contribution in [0.5, 0.6) is 0 Å². The van der Waals surface area contributed by atoms with Crippen LogP contribution in [0.15, 0.2) is 36.4 Å². The van der Waals surface area contributed by atoms with Gasteiger partial charge in [-0.1, -0.05) is 42.0 Å². The Morgan fingerprint density at radius 2 is 2.00 bits per heavy atom. The highest BCUT2D eigenvalue weighted by Crippen LogP contribution is 2.19. The third-order valence-corrected chi connectivity index (χ3v) is 4.59. The Morgan fingerprint density at radius 1 is 1.15 bits per heavy atom. The lowest BCUT2D eigenvalue weighted by atomic mass is 10.0. The lowest BCUT2D eigenvalue weighted by Crippen LogP contribution is -2.49. The molecule has 1 aliphatic carbocycles. The Labute approximate surface area is 123 Å². The van der Waals surface area contributed by atoms with Gasteiger partial charge in [-0.05, 0) is 31.7 Å². The van der Waals surface area contributed by atoms with E-state index in [9.17, 15) is 0 Å². The number of nitrogens with zero attached hydrogens (tertiary/aromatic N) is 2. The van der Waals surface area contributed by atoms with E-state index in [1.807, 2.05) is 0 Å². The lowest BCUT2D eigenvalue weighted by molar-refractivity contribution is 0.102. The van der Waals surface area contributed by atoms with Gasteiger partial charge in [0.2, 0.25) is 0 Å². The topological polar surface area (TPSA) is 6.48 Å². The number of hydrogen-bond acceptors (Lipinski definition) is 2. The number of allylic oxidation sites excluding steroid dienone is 1. The van der Waals surface area contributed by atoms with Gasteiger partial charge < -0.3 is 0 Å². The molecule has 1 saturated heterocycles. The van der Waals surface area contributed by atoms with Crippen molar-refractivity contribution >= 4 is 0 Å². The first-order chi connectivity index (χ1) is 9.81. The molecule has 1 unspecified atom stereocenters. The molecular weight excluding hydrogens is 244 g/mol. The first kappa shape index (κ1) is 13.8. The van der Waals surface area contributed by atoms with Crippen molar-refractivity contribution in [2.45, 2.75) is 38.8 Å². The predicted octanol–water partition coefficient (Wildman–Crippen LogP) is 3.22. The molecule has 0 bridgehead atoms. The molecule has 2 nitrogen and oxygen atoms in total. The molecule has 2 aliphatic rings. The zero-order valence-corrected chi connectivity index (χ0v) is 12.6. The van der Waals surface area contributed by atoms with Crippen LogP contribution in [-0.4, -0.2) is 42.0 Å². The van der Waals surface area contributed by atoms with E-state index in [0.717, 1.165) is 6.54 Å². The smallest absolute Gasteiger partial charge is 0.0279 e. The highest BCUT2D eigenvalue weighted by Gasteiger charge is 2.22. The fourth-order valence-electron chi connectivity index (χ4n) is 3.42. The van der Waals surface area contributed by atoms with E-state index in [2.05, 4.69) is 53.1 Å². The number of benzene rings is 1. The van der Waals surface area contributed by atoms with Crippen molar-refractivity contribution in [2.24, 2.45) is 0 Å². The molecule has 0 saturated carbocycles. The van der Waals surface area contributed by atoms with Crippen molar-refractivity contribution in [2.75, 3.05) is 26.2 Å². The molecule has 1 aromatic carbocycles. The van der Waals surface area contributed by atoms with Gasteiger partial charge in [0.15, 0.2) is 0 Å². The molecule has 0 radical (unpaired) electrons. The zero-order valence-electron chi connectivity index (χ0n) is 12.6. The first-order valence-corrected chi connectivity index (χ1v) is 8.00. The molecule has 2 heteroatoms. The summed E-state index contributed by atoms with van der Waals surface area (Å²) in [5.74, 6) is 0. The number of piperazine rings is 1. The van der Waals surface area contributed by atoms with Crippen molar-refractivity contribution in [3.8, 4) is 0 Å². The summed E-state index contributed by atoms with van der Waals surface area (Å²) < 4.78 is 0. The Kier molecular flexibility index (Phi) is 4.54. The minimum Gasteiger partial charge on any atom is -0.297 e. The highest BCUT2D eigenvalue weighted by molar-refractivity contribution is 5.22. The maximum atomic E-state index is 2.67. The van der Waals surface area contributed by atoms with Gasteiger partial charge in [-0.3, -0.25) is 9.80 Å².